The highest BCUT2D eigenvalue weighted by Gasteiger charge is 2.19. The molecular formula is C15H16N2O2. The molecule has 4 heteroatoms. The normalized spacial score (nSPS) is 14.9. The number of benzene rings is 1. The number of nitrogens with one attached hydrogen (secondary N) is 1. The number of nitrogens with zero attached hydrogens (tertiary/aromatic N) is 1. The molecule has 2 heterocycles. The topological polar surface area (TPSA) is 51.1 Å². The molecule has 0 saturated heterocycles. The summed E-state index contributed by atoms with van der Waals surface area (Å²) < 4.78 is 2.04. The summed E-state index contributed by atoms with van der Waals surface area (Å²) in [5.41, 5.74) is 4.07. The number of aromatic nitrogens is 1. The van der Waals surface area contributed by atoms with Crippen LogP contribution in [0.5, 0.6) is 0 Å². The number of fused-ring (bicyclic) bond motifs is 3. The first-order valence-corrected chi connectivity index (χ1v) is 6.47. The number of Topliss-reactive ketones (excluding diaryl/α,β-unsaturated/α-hetero) is 1. The van der Waals surface area contributed by atoms with E-state index in [1.807, 2.05) is 22.8 Å². The third-order valence-electron chi connectivity index (χ3n) is 3.84. The van der Waals surface area contributed by atoms with Crippen LogP contribution in [0, 0.1) is 6.92 Å². The van der Waals surface area contributed by atoms with Crippen LogP contribution in [0.2, 0.25) is 0 Å². The Morgan fingerprint density at radius 3 is 2.89 bits per heavy atom. The van der Waals surface area contributed by atoms with Crippen LogP contribution in [-0.2, 0) is 17.8 Å². The second kappa shape index (κ2) is 4.23. The fourth-order valence-electron chi connectivity index (χ4n) is 2.82. The Morgan fingerprint density at radius 2 is 2.16 bits per heavy atom. The molecule has 1 amide bonds. The van der Waals surface area contributed by atoms with Crippen LogP contribution < -0.4 is 5.32 Å². The summed E-state index contributed by atoms with van der Waals surface area (Å²) >= 11 is 0. The molecule has 0 atom stereocenters. The first-order valence-electron chi connectivity index (χ1n) is 6.47. The van der Waals surface area contributed by atoms with Gasteiger partial charge in [0.1, 0.15) is 6.54 Å². The molecular weight excluding hydrogens is 240 g/mol. The Morgan fingerprint density at radius 1 is 1.37 bits per heavy atom. The summed E-state index contributed by atoms with van der Waals surface area (Å²) in [5.74, 6) is 0.0806. The molecule has 0 radical (unpaired) electrons. The van der Waals surface area contributed by atoms with Gasteiger partial charge in [0.2, 0.25) is 5.91 Å². The van der Waals surface area contributed by atoms with Crippen molar-refractivity contribution in [2.75, 3.05) is 6.54 Å². The van der Waals surface area contributed by atoms with E-state index in [2.05, 4.69) is 12.2 Å². The van der Waals surface area contributed by atoms with Crippen molar-refractivity contribution in [1.82, 2.24) is 9.88 Å². The van der Waals surface area contributed by atoms with Crippen molar-refractivity contribution in [3.05, 3.63) is 35.0 Å². The van der Waals surface area contributed by atoms with Gasteiger partial charge in [-0.3, -0.25) is 9.59 Å². The predicted octanol–water partition coefficient (Wildman–Crippen LogP) is 1.82. The summed E-state index contributed by atoms with van der Waals surface area (Å²) in [6.45, 7) is 4.65. The van der Waals surface area contributed by atoms with E-state index >= 15 is 0 Å². The number of hydrogen-bond acceptors (Lipinski definition) is 2. The number of rotatable bonds is 1. The average molecular weight is 256 g/mol. The van der Waals surface area contributed by atoms with Gasteiger partial charge in [0.05, 0.1) is 0 Å². The zero-order chi connectivity index (χ0) is 13.6. The monoisotopic (exact) mass is 256 g/mol. The SMILES string of the molecule is CC(=O)c1ccc2c(C)c3n(c2c1)CC(=O)NCC3. The lowest BCUT2D eigenvalue weighted by Crippen LogP contribution is -2.25. The second-order valence-corrected chi connectivity index (χ2v) is 5.05. The Hall–Kier alpha value is -2.10. The van der Waals surface area contributed by atoms with Crippen molar-refractivity contribution in [3.63, 3.8) is 0 Å². The van der Waals surface area contributed by atoms with Crippen molar-refractivity contribution in [2.24, 2.45) is 0 Å². The lowest BCUT2D eigenvalue weighted by molar-refractivity contribution is -0.121. The molecule has 0 unspecified atom stereocenters. The quantitative estimate of drug-likeness (QED) is 0.791. The van der Waals surface area contributed by atoms with Gasteiger partial charge in [-0.1, -0.05) is 12.1 Å². The molecule has 19 heavy (non-hydrogen) atoms. The first kappa shape index (κ1) is 12.0. The molecule has 0 bridgehead atoms. The minimum absolute atomic E-state index is 0.0314. The van der Waals surface area contributed by atoms with E-state index < -0.39 is 0 Å². The number of carbonyl (C=O) groups excluding carboxylic acids is 2. The van der Waals surface area contributed by atoms with Crippen molar-refractivity contribution in [3.8, 4) is 0 Å². The maximum absolute atomic E-state index is 11.7. The predicted molar refractivity (Wildman–Crippen MR) is 73.4 cm³/mol. The highest BCUT2D eigenvalue weighted by molar-refractivity contribution is 5.99. The van der Waals surface area contributed by atoms with E-state index in [-0.39, 0.29) is 11.7 Å². The summed E-state index contributed by atoms with van der Waals surface area (Å²) in [5, 5.41) is 4.01. The van der Waals surface area contributed by atoms with Gasteiger partial charge in [0.15, 0.2) is 5.78 Å². The number of carbonyl (C=O) groups is 2. The molecule has 0 fully saturated rings. The molecule has 1 N–H and O–H groups in total. The van der Waals surface area contributed by atoms with Crippen LogP contribution in [-0.4, -0.2) is 22.8 Å². The van der Waals surface area contributed by atoms with Gasteiger partial charge in [0, 0.05) is 35.1 Å². The van der Waals surface area contributed by atoms with Crippen LogP contribution in [0.25, 0.3) is 10.9 Å². The Bertz CT molecular complexity index is 698. The summed E-state index contributed by atoms with van der Waals surface area (Å²) in [4.78, 5) is 23.2. The zero-order valence-electron chi connectivity index (χ0n) is 11.1. The van der Waals surface area contributed by atoms with E-state index in [4.69, 9.17) is 0 Å². The number of amides is 1. The Labute approximate surface area is 111 Å². The zero-order valence-corrected chi connectivity index (χ0v) is 11.1. The van der Waals surface area contributed by atoms with Gasteiger partial charge in [-0.2, -0.15) is 0 Å². The fourth-order valence-corrected chi connectivity index (χ4v) is 2.82. The maximum Gasteiger partial charge on any atom is 0.239 e. The van der Waals surface area contributed by atoms with Gasteiger partial charge in [0.25, 0.3) is 0 Å². The molecule has 1 aliphatic rings. The molecule has 0 spiro atoms. The minimum atomic E-state index is 0.0314. The van der Waals surface area contributed by atoms with Crippen LogP contribution >= 0.6 is 0 Å². The minimum Gasteiger partial charge on any atom is -0.354 e. The van der Waals surface area contributed by atoms with E-state index in [0.29, 0.717) is 18.7 Å². The van der Waals surface area contributed by atoms with E-state index in [1.54, 1.807) is 6.92 Å². The summed E-state index contributed by atoms with van der Waals surface area (Å²) in [6.07, 6.45) is 0.835. The van der Waals surface area contributed by atoms with Crippen LogP contribution in [0.4, 0.5) is 0 Å². The van der Waals surface area contributed by atoms with Crippen molar-refractivity contribution >= 4 is 22.6 Å². The highest BCUT2D eigenvalue weighted by Crippen LogP contribution is 2.28. The van der Waals surface area contributed by atoms with Gasteiger partial charge in [-0.15, -0.1) is 0 Å². The average Bonchev–Trinajstić information content (AvgIpc) is 2.54. The first-order chi connectivity index (χ1) is 9.08. The van der Waals surface area contributed by atoms with Gasteiger partial charge >= 0.3 is 0 Å². The third kappa shape index (κ3) is 1.84. The molecule has 0 aliphatic carbocycles. The van der Waals surface area contributed by atoms with Crippen LogP contribution in [0.1, 0.15) is 28.5 Å². The molecule has 0 saturated carbocycles. The second-order valence-electron chi connectivity index (χ2n) is 5.05. The van der Waals surface area contributed by atoms with E-state index in [1.165, 1.54) is 11.3 Å². The van der Waals surface area contributed by atoms with Crippen LogP contribution in [0.3, 0.4) is 0 Å². The van der Waals surface area contributed by atoms with Crippen LogP contribution in [0.15, 0.2) is 18.2 Å². The van der Waals surface area contributed by atoms with Gasteiger partial charge in [-0.25, -0.2) is 0 Å². The lowest BCUT2D eigenvalue weighted by Gasteiger charge is -2.05. The molecule has 1 aromatic heterocycles. The van der Waals surface area contributed by atoms with E-state index in [9.17, 15) is 9.59 Å². The molecule has 4 nitrogen and oxygen atoms in total. The standard InChI is InChI=1S/C15H16N2O2/c1-9-12-4-3-11(10(2)18)7-14(12)17-8-15(19)16-6-5-13(9)17/h3-4,7H,5-6,8H2,1-2H3,(H,16,19). The molecule has 98 valence electrons. The van der Waals surface area contributed by atoms with Crippen molar-refractivity contribution in [2.45, 2.75) is 26.8 Å². The molecule has 1 aliphatic heterocycles. The summed E-state index contributed by atoms with van der Waals surface area (Å²) in [6, 6.07) is 5.74. The Balaban J connectivity index is 2.29. The van der Waals surface area contributed by atoms with E-state index in [0.717, 1.165) is 17.3 Å². The smallest absolute Gasteiger partial charge is 0.239 e. The fraction of sp³-hybridized carbons (Fsp3) is 0.333. The third-order valence-corrected chi connectivity index (χ3v) is 3.84. The van der Waals surface area contributed by atoms with Gasteiger partial charge in [-0.05, 0) is 25.5 Å². The molecule has 3 rings (SSSR count). The number of hydrogen-bond donors (Lipinski definition) is 1. The molecule has 2 aromatic rings. The largest absolute Gasteiger partial charge is 0.354 e. The van der Waals surface area contributed by atoms with Crippen molar-refractivity contribution < 1.29 is 9.59 Å². The highest BCUT2D eigenvalue weighted by atomic mass is 16.2. The number of ketones is 1. The van der Waals surface area contributed by atoms with Gasteiger partial charge < -0.3 is 9.88 Å². The van der Waals surface area contributed by atoms with Crippen molar-refractivity contribution in [1.29, 1.82) is 0 Å². The Kier molecular flexibility index (Phi) is 2.66. The number of aryl methyl sites for hydroxylation is 1. The maximum atomic E-state index is 11.7. The lowest BCUT2D eigenvalue weighted by atomic mass is 10.1. The summed E-state index contributed by atoms with van der Waals surface area (Å²) in [7, 11) is 0. The molecule has 1 aromatic carbocycles.